The van der Waals surface area contributed by atoms with Crippen molar-refractivity contribution < 1.29 is 14.4 Å². The molecule has 2 aliphatic heterocycles. The zero-order valence-corrected chi connectivity index (χ0v) is 7.96. The monoisotopic (exact) mass is 210 g/mol. The molecule has 5 atom stereocenters. The number of hydrogen-bond acceptors (Lipinski definition) is 5. The first-order valence-electron chi connectivity index (χ1n) is 5.00. The second-order valence-electron chi connectivity index (χ2n) is 4.53. The third kappa shape index (κ3) is 1.17. The summed E-state index contributed by atoms with van der Waals surface area (Å²) >= 11 is 0. The lowest BCUT2D eigenvalue weighted by Crippen LogP contribution is -2.55. The van der Waals surface area contributed by atoms with E-state index in [4.69, 9.17) is 14.7 Å². The standard InChI is InChI=1S/C9H10N2O4/c10-4-5-1-9(11(12)13)2-6(14-5)8-7(3-9)15-8/h5-8H,1-3H2/t5-,6+,7+,8+,9-/m0/s1. The van der Waals surface area contributed by atoms with E-state index in [1.165, 1.54) is 0 Å². The molecule has 0 amide bonds. The largest absolute Gasteiger partial charge is 0.366 e. The summed E-state index contributed by atoms with van der Waals surface area (Å²) in [5.74, 6) is 0. The maximum atomic E-state index is 11.1. The van der Waals surface area contributed by atoms with Crippen LogP contribution < -0.4 is 0 Å². The van der Waals surface area contributed by atoms with Crippen molar-refractivity contribution in [3.8, 4) is 6.07 Å². The van der Waals surface area contributed by atoms with Crippen LogP contribution in [-0.4, -0.2) is 34.9 Å². The maximum absolute atomic E-state index is 11.1. The van der Waals surface area contributed by atoms with Crippen molar-refractivity contribution in [1.82, 2.24) is 0 Å². The van der Waals surface area contributed by atoms with Gasteiger partial charge in [0.05, 0.1) is 24.7 Å². The maximum Gasteiger partial charge on any atom is 0.231 e. The molecule has 0 N–H and O–H groups in total. The van der Waals surface area contributed by atoms with Crippen molar-refractivity contribution in [2.24, 2.45) is 0 Å². The summed E-state index contributed by atoms with van der Waals surface area (Å²) in [5.41, 5.74) is -0.985. The first-order valence-corrected chi connectivity index (χ1v) is 5.00. The Balaban J connectivity index is 1.92. The van der Waals surface area contributed by atoms with E-state index < -0.39 is 11.6 Å². The van der Waals surface area contributed by atoms with Crippen LogP contribution in [0, 0.1) is 21.4 Å². The molecule has 0 unspecified atom stereocenters. The molecule has 6 nitrogen and oxygen atoms in total. The van der Waals surface area contributed by atoms with E-state index in [0.29, 0.717) is 12.8 Å². The van der Waals surface area contributed by atoms with E-state index in [9.17, 15) is 10.1 Å². The summed E-state index contributed by atoms with van der Waals surface area (Å²) < 4.78 is 10.8. The van der Waals surface area contributed by atoms with E-state index in [-0.39, 0.29) is 29.7 Å². The molecule has 1 saturated carbocycles. The van der Waals surface area contributed by atoms with Gasteiger partial charge in [-0.15, -0.1) is 0 Å². The molecule has 1 aliphatic carbocycles. The molecule has 80 valence electrons. The minimum absolute atomic E-state index is 0.00535. The van der Waals surface area contributed by atoms with Crippen LogP contribution in [0.3, 0.4) is 0 Å². The van der Waals surface area contributed by atoms with E-state index in [1.807, 2.05) is 6.07 Å². The average Bonchev–Trinajstić information content (AvgIpc) is 2.96. The molecule has 2 bridgehead atoms. The predicted molar refractivity (Wildman–Crippen MR) is 46.5 cm³/mol. The molecule has 0 aromatic heterocycles. The van der Waals surface area contributed by atoms with E-state index in [0.717, 1.165) is 0 Å². The summed E-state index contributed by atoms with van der Waals surface area (Å²) in [4.78, 5) is 10.9. The molecule has 2 heterocycles. The van der Waals surface area contributed by atoms with E-state index in [2.05, 4.69) is 0 Å². The molecule has 15 heavy (non-hydrogen) atoms. The van der Waals surface area contributed by atoms with Gasteiger partial charge in [0.2, 0.25) is 5.54 Å². The second kappa shape index (κ2) is 2.68. The van der Waals surface area contributed by atoms with Crippen LogP contribution in [0.15, 0.2) is 0 Å². The van der Waals surface area contributed by atoms with Crippen LogP contribution in [0.4, 0.5) is 0 Å². The van der Waals surface area contributed by atoms with Gasteiger partial charge in [0.25, 0.3) is 0 Å². The summed E-state index contributed by atoms with van der Waals surface area (Å²) in [6.07, 6.45) is 0.0802. The van der Waals surface area contributed by atoms with Gasteiger partial charge in [-0.05, 0) is 0 Å². The minimum Gasteiger partial charge on any atom is -0.366 e. The number of epoxide rings is 1. The first-order chi connectivity index (χ1) is 7.14. The smallest absolute Gasteiger partial charge is 0.231 e. The number of hydrogen-bond donors (Lipinski definition) is 0. The second-order valence-corrected chi connectivity index (χ2v) is 4.53. The molecule has 3 aliphatic rings. The van der Waals surface area contributed by atoms with Crippen molar-refractivity contribution in [3.05, 3.63) is 10.1 Å². The quantitative estimate of drug-likeness (QED) is 0.351. The van der Waals surface area contributed by atoms with Gasteiger partial charge in [-0.25, -0.2) is 0 Å². The molecule has 0 aromatic rings. The third-order valence-electron chi connectivity index (χ3n) is 3.59. The van der Waals surface area contributed by atoms with Crippen molar-refractivity contribution in [2.45, 2.75) is 49.2 Å². The van der Waals surface area contributed by atoms with Crippen molar-refractivity contribution in [2.75, 3.05) is 0 Å². The molecular weight excluding hydrogens is 200 g/mol. The summed E-state index contributed by atoms with van der Waals surface area (Å²) in [7, 11) is 0. The average molecular weight is 210 g/mol. The Labute approximate surface area is 85.9 Å². The Hall–Kier alpha value is -1.19. The molecule has 0 aromatic carbocycles. The molecule has 6 heteroatoms. The summed E-state index contributed by atoms with van der Waals surface area (Å²) in [5, 5.41) is 19.9. The number of nitrogens with zero attached hydrogens (tertiary/aromatic N) is 2. The summed E-state index contributed by atoms with van der Waals surface area (Å²) in [6.45, 7) is 0. The number of nitro groups is 1. The van der Waals surface area contributed by atoms with Crippen molar-refractivity contribution in [3.63, 3.8) is 0 Å². The molecule has 3 rings (SSSR count). The Morgan fingerprint density at radius 3 is 2.60 bits per heavy atom. The number of rotatable bonds is 1. The fourth-order valence-electron chi connectivity index (χ4n) is 2.79. The minimum atomic E-state index is -0.985. The van der Waals surface area contributed by atoms with E-state index >= 15 is 0 Å². The zero-order chi connectivity index (χ0) is 10.6. The van der Waals surface area contributed by atoms with Gasteiger partial charge in [0, 0.05) is 17.8 Å². The molecule has 2 saturated heterocycles. The van der Waals surface area contributed by atoms with Gasteiger partial charge in [0.15, 0.2) is 6.10 Å². The molecule has 0 radical (unpaired) electrons. The van der Waals surface area contributed by atoms with Gasteiger partial charge in [-0.3, -0.25) is 10.1 Å². The van der Waals surface area contributed by atoms with E-state index in [1.54, 1.807) is 0 Å². The fraction of sp³-hybridized carbons (Fsp3) is 0.889. The predicted octanol–water partition coefficient (Wildman–Crippen LogP) is 0.244. The Kier molecular flexibility index (Phi) is 1.62. The van der Waals surface area contributed by atoms with Gasteiger partial charge >= 0.3 is 0 Å². The lowest BCUT2D eigenvalue weighted by atomic mass is 9.75. The highest BCUT2D eigenvalue weighted by atomic mass is 16.6. The normalized spacial score (nSPS) is 51.4. The summed E-state index contributed by atoms with van der Waals surface area (Å²) in [6, 6.07) is 1.97. The zero-order valence-electron chi connectivity index (χ0n) is 7.96. The van der Waals surface area contributed by atoms with Gasteiger partial charge < -0.3 is 9.47 Å². The SMILES string of the molecule is N#C[C@@H]1C[C@@]2([N+](=O)[O-])C[C@H]3O[C@@H]3[C@@H](C2)O1. The van der Waals surface area contributed by atoms with Crippen LogP contribution >= 0.6 is 0 Å². The highest BCUT2D eigenvalue weighted by Gasteiger charge is 2.65. The molecule has 0 spiro atoms. The first kappa shape index (κ1) is 9.07. The fourth-order valence-corrected chi connectivity index (χ4v) is 2.79. The lowest BCUT2D eigenvalue weighted by Gasteiger charge is -2.38. The Morgan fingerprint density at radius 2 is 2.00 bits per heavy atom. The number of ether oxygens (including phenoxy) is 2. The van der Waals surface area contributed by atoms with Crippen LogP contribution in [0.25, 0.3) is 0 Å². The van der Waals surface area contributed by atoms with Crippen LogP contribution in [0.5, 0.6) is 0 Å². The Morgan fingerprint density at radius 1 is 1.33 bits per heavy atom. The number of nitriles is 1. The van der Waals surface area contributed by atoms with Gasteiger partial charge in [0.1, 0.15) is 6.10 Å². The van der Waals surface area contributed by atoms with Crippen LogP contribution in [-0.2, 0) is 9.47 Å². The van der Waals surface area contributed by atoms with Crippen LogP contribution in [0.2, 0.25) is 0 Å². The van der Waals surface area contributed by atoms with Gasteiger partial charge in [-0.1, -0.05) is 0 Å². The van der Waals surface area contributed by atoms with Crippen molar-refractivity contribution >= 4 is 0 Å². The molecule has 3 fully saturated rings. The van der Waals surface area contributed by atoms with Gasteiger partial charge in [-0.2, -0.15) is 5.26 Å². The highest BCUT2D eigenvalue weighted by molar-refractivity contribution is 5.11. The highest BCUT2D eigenvalue weighted by Crippen LogP contribution is 2.49. The third-order valence-corrected chi connectivity index (χ3v) is 3.59. The number of fused-ring (bicyclic) bond motifs is 4. The van der Waals surface area contributed by atoms with Crippen molar-refractivity contribution in [1.29, 1.82) is 5.26 Å². The Bertz CT molecular complexity index is 366. The lowest BCUT2D eigenvalue weighted by molar-refractivity contribution is -0.584. The van der Waals surface area contributed by atoms with Crippen LogP contribution in [0.1, 0.15) is 19.3 Å². The topological polar surface area (TPSA) is 88.7 Å². The molecular formula is C9H10N2O4.